The van der Waals surface area contributed by atoms with Crippen LogP contribution in [0.2, 0.25) is 0 Å². The summed E-state index contributed by atoms with van der Waals surface area (Å²) in [5.41, 5.74) is 0.348. The first-order valence-electron chi connectivity index (χ1n) is 8.59. The molecule has 0 radical (unpaired) electrons. The second-order valence-corrected chi connectivity index (χ2v) is 8.72. The van der Waals surface area contributed by atoms with Crippen molar-refractivity contribution >= 4 is 22.0 Å². The van der Waals surface area contributed by atoms with Crippen molar-refractivity contribution in [1.29, 1.82) is 0 Å². The second-order valence-electron chi connectivity index (χ2n) is 7.81. The Labute approximate surface area is 160 Å². The number of aromatic nitrogens is 3. The van der Waals surface area contributed by atoms with E-state index in [9.17, 15) is 14.7 Å². The number of amides is 1. The van der Waals surface area contributed by atoms with Gasteiger partial charge in [0.15, 0.2) is 5.82 Å². The molecule has 1 amide bonds. The zero-order chi connectivity index (χ0) is 19.1. The highest BCUT2D eigenvalue weighted by Gasteiger charge is 2.44. The summed E-state index contributed by atoms with van der Waals surface area (Å²) in [6.07, 6.45) is -0.175. The van der Waals surface area contributed by atoms with E-state index in [0.29, 0.717) is 18.9 Å². The van der Waals surface area contributed by atoms with Crippen molar-refractivity contribution in [2.24, 2.45) is 11.3 Å². The van der Waals surface area contributed by atoms with Gasteiger partial charge in [0.25, 0.3) is 0 Å². The normalized spacial score (nSPS) is 20.5. The van der Waals surface area contributed by atoms with Gasteiger partial charge in [-0.3, -0.25) is 4.57 Å². The molecule has 2 atom stereocenters. The number of carboxylic acid groups (broad SMARTS) is 1. The zero-order valence-electron chi connectivity index (χ0n) is 15.1. The minimum Gasteiger partial charge on any atom is -0.465 e. The summed E-state index contributed by atoms with van der Waals surface area (Å²) in [6.45, 7) is 7.05. The number of hydrogen-bond acceptors (Lipinski definition) is 3. The van der Waals surface area contributed by atoms with Gasteiger partial charge in [0, 0.05) is 29.2 Å². The molecule has 26 heavy (non-hydrogen) atoms. The van der Waals surface area contributed by atoms with Crippen LogP contribution in [-0.4, -0.2) is 43.5 Å². The fourth-order valence-electron chi connectivity index (χ4n) is 3.98. The molecule has 1 aliphatic heterocycles. The van der Waals surface area contributed by atoms with Crippen LogP contribution in [0.1, 0.15) is 27.2 Å². The zero-order valence-corrected chi connectivity index (χ0v) is 16.7. The fourth-order valence-corrected chi connectivity index (χ4v) is 4.24. The van der Waals surface area contributed by atoms with Crippen LogP contribution < -0.4 is 5.69 Å². The number of likely N-dealkylation sites (tertiary alicyclic amines) is 1. The SMILES string of the molecule is CC(C)(C)C1[C@H](Cn2c(-c3ccc(Br)cc3)n[nH]c2=O)CCN1C(=O)O. The molecule has 1 fully saturated rings. The Hall–Kier alpha value is -2.09. The van der Waals surface area contributed by atoms with Crippen molar-refractivity contribution in [2.75, 3.05) is 6.54 Å². The lowest BCUT2D eigenvalue weighted by Crippen LogP contribution is -2.46. The van der Waals surface area contributed by atoms with E-state index in [1.54, 1.807) is 4.57 Å². The van der Waals surface area contributed by atoms with Crippen LogP contribution >= 0.6 is 15.9 Å². The van der Waals surface area contributed by atoms with Gasteiger partial charge in [-0.25, -0.2) is 14.7 Å². The number of hydrogen-bond donors (Lipinski definition) is 2. The largest absolute Gasteiger partial charge is 0.465 e. The summed E-state index contributed by atoms with van der Waals surface area (Å²) >= 11 is 3.40. The molecular formula is C18H23BrN4O3. The molecule has 0 saturated carbocycles. The topological polar surface area (TPSA) is 91.2 Å². The van der Waals surface area contributed by atoms with Crippen LogP contribution in [-0.2, 0) is 6.54 Å². The molecule has 1 aromatic heterocycles. The molecule has 2 N–H and O–H groups in total. The highest BCUT2D eigenvalue weighted by molar-refractivity contribution is 9.10. The van der Waals surface area contributed by atoms with E-state index in [0.717, 1.165) is 16.5 Å². The third-order valence-corrected chi connectivity index (χ3v) is 5.46. The Morgan fingerprint density at radius 3 is 2.58 bits per heavy atom. The summed E-state index contributed by atoms with van der Waals surface area (Å²) < 4.78 is 2.57. The highest BCUT2D eigenvalue weighted by Crippen LogP contribution is 2.38. The number of carbonyl (C=O) groups is 1. The van der Waals surface area contributed by atoms with Crippen LogP contribution in [0.3, 0.4) is 0 Å². The Morgan fingerprint density at radius 1 is 1.35 bits per heavy atom. The summed E-state index contributed by atoms with van der Waals surface area (Å²) in [4.78, 5) is 25.5. The maximum Gasteiger partial charge on any atom is 0.407 e. The molecule has 2 heterocycles. The number of aromatic amines is 1. The number of rotatable bonds is 3. The quantitative estimate of drug-likeness (QED) is 0.792. The summed E-state index contributed by atoms with van der Waals surface area (Å²) in [5, 5.41) is 16.2. The fraction of sp³-hybridized carbons (Fsp3) is 0.500. The summed E-state index contributed by atoms with van der Waals surface area (Å²) in [5.74, 6) is 0.625. The average Bonchev–Trinajstić information content (AvgIpc) is 3.13. The first kappa shape index (κ1) is 18.7. The minimum absolute atomic E-state index is 0.0515. The lowest BCUT2D eigenvalue weighted by molar-refractivity contribution is 0.0876. The van der Waals surface area contributed by atoms with E-state index in [2.05, 4.69) is 26.1 Å². The van der Waals surface area contributed by atoms with Gasteiger partial charge in [-0.2, -0.15) is 5.10 Å². The van der Waals surface area contributed by atoms with Gasteiger partial charge in [-0.15, -0.1) is 0 Å². The predicted octanol–water partition coefficient (Wildman–Crippen LogP) is 3.42. The minimum atomic E-state index is -0.903. The molecule has 8 heteroatoms. The molecule has 1 saturated heterocycles. The van der Waals surface area contributed by atoms with Crippen LogP contribution in [0, 0.1) is 11.3 Å². The van der Waals surface area contributed by atoms with Crippen LogP contribution in [0.5, 0.6) is 0 Å². The Bertz CT molecular complexity index is 851. The van der Waals surface area contributed by atoms with E-state index in [1.807, 2.05) is 45.0 Å². The third kappa shape index (κ3) is 3.56. The van der Waals surface area contributed by atoms with Crippen LogP contribution in [0.4, 0.5) is 4.79 Å². The standard InChI is InChI=1S/C18H23BrN4O3/c1-18(2,3)14-12(8-9-22(14)17(25)26)10-23-15(20-21-16(23)24)11-4-6-13(19)7-5-11/h4-7,12,14H,8-10H2,1-3H3,(H,21,24)(H,25,26)/t12-,14?/m0/s1. The lowest BCUT2D eigenvalue weighted by atomic mass is 9.79. The monoisotopic (exact) mass is 422 g/mol. The van der Waals surface area contributed by atoms with Crippen LogP contribution in [0.15, 0.2) is 33.5 Å². The number of H-pyrrole nitrogens is 1. The number of nitrogens with zero attached hydrogens (tertiary/aromatic N) is 3. The van der Waals surface area contributed by atoms with E-state index in [1.165, 1.54) is 4.90 Å². The van der Waals surface area contributed by atoms with Gasteiger partial charge < -0.3 is 10.0 Å². The Kier molecular flexibility index (Phi) is 4.96. The molecule has 0 aliphatic carbocycles. The third-order valence-electron chi connectivity index (χ3n) is 4.93. The average molecular weight is 423 g/mol. The maximum absolute atomic E-state index is 12.3. The molecule has 3 rings (SSSR count). The lowest BCUT2D eigenvalue weighted by Gasteiger charge is -2.37. The van der Waals surface area contributed by atoms with Crippen molar-refractivity contribution < 1.29 is 9.90 Å². The van der Waals surface area contributed by atoms with E-state index in [4.69, 9.17) is 0 Å². The molecule has 0 bridgehead atoms. The molecule has 7 nitrogen and oxygen atoms in total. The molecule has 1 aromatic carbocycles. The van der Waals surface area contributed by atoms with Gasteiger partial charge in [0.2, 0.25) is 0 Å². The van der Waals surface area contributed by atoms with Gasteiger partial charge in [0.05, 0.1) is 0 Å². The number of nitrogens with one attached hydrogen (secondary N) is 1. The number of halogens is 1. The second kappa shape index (κ2) is 6.90. The van der Waals surface area contributed by atoms with Crippen LogP contribution in [0.25, 0.3) is 11.4 Å². The molecule has 1 aliphatic rings. The van der Waals surface area contributed by atoms with Crippen molar-refractivity contribution in [2.45, 2.75) is 39.8 Å². The maximum atomic E-state index is 12.3. The first-order valence-corrected chi connectivity index (χ1v) is 9.38. The number of benzene rings is 1. The van der Waals surface area contributed by atoms with Crippen molar-refractivity contribution in [3.05, 3.63) is 39.2 Å². The van der Waals surface area contributed by atoms with Gasteiger partial charge >= 0.3 is 11.8 Å². The summed E-state index contributed by atoms with van der Waals surface area (Å²) in [7, 11) is 0. The molecule has 1 unspecified atom stereocenters. The molecule has 0 spiro atoms. The van der Waals surface area contributed by atoms with E-state index < -0.39 is 6.09 Å². The molecular weight excluding hydrogens is 400 g/mol. The highest BCUT2D eigenvalue weighted by atomic mass is 79.9. The Balaban J connectivity index is 1.94. The predicted molar refractivity (Wildman–Crippen MR) is 102 cm³/mol. The van der Waals surface area contributed by atoms with Gasteiger partial charge in [-0.05, 0) is 29.9 Å². The first-order chi connectivity index (χ1) is 12.2. The van der Waals surface area contributed by atoms with Crippen molar-refractivity contribution in [3.8, 4) is 11.4 Å². The smallest absolute Gasteiger partial charge is 0.407 e. The summed E-state index contributed by atoms with van der Waals surface area (Å²) in [6, 6.07) is 7.45. The van der Waals surface area contributed by atoms with Gasteiger partial charge in [-0.1, -0.05) is 48.8 Å². The van der Waals surface area contributed by atoms with Crippen molar-refractivity contribution in [3.63, 3.8) is 0 Å². The molecule has 2 aromatic rings. The van der Waals surface area contributed by atoms with E-state index >= 15 is 0 Å². The Morgan fingerprint density at radius 2 is 2.00 bits per heavy atom. The van der Waals surface area contributed by atoms with Gasteiger partial charge in [0.1, 0.15) is 0 Å². The molecule has 140 valence electrons. The van der Waals surface area contributed by atoms with Crippen molar-refractivity contribution in [1.82, 2.24) is 19.7 Å². The van der Waals surface area contributed by atoms with E-state index in [-0.39, 0.29) is 23.1 Å².